The second-order valence-corrected chi connectivity index (χ2v) is 3.77. The third-order valence-electron chi connectivity index (χ3n) is 2.75. The largest absolute Gasteiger partial charge is 0.478 e. The van der Waals surface area contributed by atoms with Gasteiger partial charge in [0, 0.05) is 6.54 Å². The summed E-state index contributed by atoms with van der Waals surface area (Å²) in [7, 11) is 0. The molecule has 1 heterocycles. The lowest BCUT2D eigenvalue weighted by molar-refractivity contribution is 0.0696. The highest BCUT2D eigenvalue weighted by Crippen LogP contribution is 2.32. The molecule has 15 heavy (non-hydrogen) atoms. The molecular formula is C11H12FNO2. The molecule has 0 aromatic heterocycles. The van der Waals surface area contributed by atoms with E-state index in [1.54, 1.807) is 12.1 Å². The zero-order valence-corrected chi connectivity index (χ0v) is 8.16. The fraction of sp³-hybridized carbons (Fsp3) is 0.364. The minimum Gasteiger partial charge on any atom is -0.478 e. The van der Waals surface area contributed by atoms with Gasteiger partial charge < -0.3 is 10.4 Å². The molecule has 80 valence electrons. The molecule has 1 aromatic rings. The highest BCUT2D eigenvalue weighted by atomic mass is 19.1. The van der Waals surface area contributed by atoms with Crippen LogP contribution in [0.3, 0.4) is 0 Å². The molecule has 3 nitrogen and oxygen atoms in total. The van der Waals surface area contributed by atoms with Crippen LogP contribution in [-0.2, 0) is 5.67 Å². The number of alkyl halides is 1. The smallest absolute Gasteiger partial charge is 0.335 e. The van der Waals surface area contributed by atoms with E-state index in [4.69, 9.17) is 5.11 Å². The molecule has 0 spiro atoms. The number of benzene rings is 1. The van der Waals surface area contributed by atoms with Gasteiger partial charge in [0.05, 0.1) is 5.56 Å². The van der Waals surface area contributed by atoms with Crippen LogP contribution in [-0.4, -0.2) is 24.2 Å². The van der Waals surface area contributed by atoms with Crippen molar-refractivity contribution in [2.45, 2.75) is 12.1 Å². The lowest BCUT2D eigenvalue weighted by atomic mass is 9.94. The highest BCUT2D eigenvalue weighted by molar-refractivity contribution is 5.87. The Kier molecular flexibility index (Phi) is 2.44. The van der Waals surface area contributed by atoms with Crippen molar-refractivity contribution in [1.82, 2.24) is 5.32 Å². The van der Waals surface area contributed by atoms with Crippen molar-refractivity contribution in [3.63, 3.8) is 0 Å². The van der Waals surface area contributed by atoms with Gasteiger partial charge >= 0.3 is 5.97 Å². The maximum atomic E-state index is 14.2. The second kappa shape index (κ2) is 3.62. The number of carbonyl (C=O) groups is 1. The molecular weight excluding hydrogens is 197 g/mol. The van der Waals surface area contributed by atoms with E-state index in [-0.39, 0.29) is 5.56 Å². The van der Waals surface area contributed by atoms with Crippen molar-refractivity contribution in [2.24, 2.45) is 0 Å². The Hall–Kier alpha value is -1.42. The first kappa shape index (κ1) is 10.1. The van der Waals surface area contributed by atoms with Gasteiger partial charge in [-0.3, -0.25) is 0 Å². The summed E-state index contributed by atoms with van der Waals surface area (Å²) in [5.41, 5.74) is -0.595. The van der Waals surface area contributed by atoms with Crippen molar-refractivity contribution in [2.75, 3.05) is 13.1 Å². The first-order valence-electron chi connectivity index (χ1n) is 4.85. The monoisotopic (exact) mass is 209 g/mol. The molecule has 0 aliphatic carbocycles. The molecule has 1 fully saturated rings. The Morgan fingerprint density at radius 2 is 2.07 bits per heavy atom. The third kappa shape index (κ3) is 1.85. The predicted octanol–water partition coefficient (Wildman–Crippen LogP) is 1.54. The van der Waals surface area contributed by atoms with Gasteiger partial charge in [0.2, 0.25) is 0 Å². The van der Waals surface area contributed by atoms with Gasteiger partial charge in [0.1, 0.15) is 5.67 Å². The molecule has 1 aliphatic heterocycles. The molecule has 1 aromatic carbocycles. The normalized spacial score (nSPS) is 25.4. The molecule has 1 aliphatic rings. The van der Waals surface area contributed by atoms with Gasteiger partial charge in [0.15, 0.2) is 0 Å². The maximum Gasteiger partial charge on any atom is 0.335 e. The third-order valence-corrected chi connectivity index (χ3v) is 2.75. The van der Waals surface area contributed by atoms with Crippen molar-refractivity contribution < 1.29 is 14.3 Å². The number of hydrogen-bond donors (Lipinski definition) is 2. The topological polar surface area (TPSA) is 49.3 Å². The van der Waals surface area contributed by atoms with Gasteiger partial charge in [-0.2, -0.15) is 0 Å². The summed E-state index contributed by atoms with van der Waals surface area (Å²) in [6.45, 7) is 0.969. The number of halogens is 1. The van der Waals surface area contributed by atoms with E-state index in [1.165, 1.54) is 12.1 Å². The summed E-state index contributed by atoms with van der Waals surface area (Å²) in [6, 6.07) is 5.99. The van der Waals surface area contributed by atoms with Crippen LogP contribution >= 0.6 is 0 Å². The van der Waals surface area contributed by atoms with Gasteiger partial charge in [-0.05, 0) is 30.7 Å². The van der Waals surface area contributed by atoms with Gasteiger partial charge in [-0.25, -0.2) is 9.18 Å². The molecule has 0 saturated carbocycles. The Balaban J connectivity index is 2.26. The van der Waals surface area contributed by atoms with Crippen LogP contribution in [0.4, 0.5) is 4.39 Å². The average Bonchev–Trinajstić information content (AvgIpc) is 2.67. The van der Waals surface area contributed by atoms with E-state index in [0.717, 1.165) is 0 Å². The van der Waals surface area contributed by atoms with E-state index in [1.807, 2.05) is 0 Å². The predicted molar refractivity (Wildman–Crippen MR) is 53.7 cm³/mol. The van der Waals surface area contributed by atoms with Gasteiger partial charge in [-0.15, -0.1) is 0 Å². The summed E-state index contributed by atoms with van der Waals surface area (Å²) >= 11 is 0. The number of carboxylic acids is 1. The summed E-state index contributed by atoms with van der Waals surface area (Å²) in [5.74, 6) is -0.987. The minimum absolute atomic E-state index is 0.188. The van der Waals surface area contributed by atoms with E-state index >= 15 is 0 Å². The summed E-state index contributed by atoms with van der Waals surface area (Å²) < 4.78 is 14.2. The first-order valence-corrected chi connectivity index (χ1v) is 4.85. The Morgan fingerprint density at radius 1 is 1.40 bits per heavy atom. The van der Waals surface area contributed by atoms with E-state index in [0.29, 0.717) is 25.1 Å². The Bertz CT molecular complexity index is 369. The number of aromatic carboxylic acids is 1. The molecule has 0 radical (unpaired) electrons. The van der Waals surface area contributed by atoms with Gasteiger partial charge in [0.25, 0.3) is 0 Å². The Labute approximate surface area is 86.9 Å². The van der Waals surface area contributed by atoms with E-state index < -0.39 is 11.6 Å². The maximum absolute atomic E-state index is 14.2. The van der Waals surface area contributed by atoms with Crippen molar-refractivity contribution in [1.29, 1.82) is 0 Å². The summed E-state index contributed by atoms with van der Waals surface area (Å²) in [5, 5.41) is 11.7. The van der Waals surface area contributed by atoms with Crippen molar-refractivity contribution in [3.8, 4) is 0 Å². The molecule has 1 atom stereocenters. The van der Waals surface area contributed by atoms with E-state index in [2.05, 4.69) is 5.32 Å². The molecule has 1 saturated heterocycles. The zero-order valence-electron chi connectivity index (χ0n) is 8.16. The van der Waals surface area contributed by atoms with Crippen LogP contribution in [0, 0.1) is 0 Å². The lowest BCUT2D eigenvalue weighted by Crippen LogP contribution is -2.23. The quantitative estimate of drug-likeness (QED) is 0.776. The molecule has 4 heteroatoms. The number of nitrogens with one attached hydrogen (secondary N) is 1. The molecule has 2 N–H and O–H groups in total. The summed E-state index contributed by atoms with van der Waals surface area (Å²) in [6.07, 6.45) is 0.444. The molecule has 2 rings (SSSR count). The number of rotatable bonds is 2. The first-order chi connectivity index (χ1) is 7.12. The van der Waals surface area contributed by atoms with Crippen molar-refractivity contribution in [3.05, 3.63) is 35.4 Å². The zero-order chi connectivity index (χ0) is 10.9. The average molecular weight is 209 g/mol. The Morgan fingerprint density at radius 3 is 2.53 bits per heavy atom. The van der Waals surface area contributed by atoms with Crippen LogP contribution in [0.1, 0.15) is 22.3 Å². The second-order valence-electron chi connectivity index (χ2n) is 3.77. The van der Waals surface area contributed by atoms with Crippen LogP contribution < -0.4 is 5.32 Å². The SMILES string of the molecule is O=C(O)c1ccc(C2(F)CCNC2)cc1. The fourth-order valence-electron chi connectivity index (χ4n) is 1.82. The van der Waals surface area contributed by atoms with Gasteiger partial charge in [-0.1, -0.05) is 12.1 Å². The molecule has 1 unspecified atom stereocenters. The lowest BCUT2D eigenvalue weighted by Gasteiger charge is -2.18. The highest BCUT2D eigenvalue weighted by Gasteiger charge is 2.35. The molecule has 0 bridgehead atoms. The summed E-state index contributed by atoms with van der Waals surface area (Å²) in [4.78, 5) is 10.6. The number of hydrogen-bond acceptors (Lipinski definition) is 2. The minimum atomic E-state index is -1.34. The molecule has 0 amide bonds. The van der Waals surface area contributed by atoms with E-state index in [9.17, 15) is 9.18 Å². The standard InChI is InChI=1S/C11H12FNO2/c12-11(5-6-13-7-11)9-3-1-8(2-4-9)10(14)15/h1-4,13H,5-7H2,(H,14,15). The van der Waals surface area contributed by atoms with Crippen molar-refractivity contribution >= 4 is 5.97 Å². The number of carboxylic acid groups (broad SMARTS) is 1. The van der Waals surface area contributed by atoms with Crippen LogP contribution in [0.5, 0.6) is 0 Å². The van der Waals surface area contributed by atoms with Crippen LogP contribution in [0.25, 0.3) is 0 Å². The van der Waals surface area contributed by atoms with Crippen LogP contribution in [0.15, 0.2) is 24.3 Å². The van der Waals surface area contributed by atoms with Crippen LogP contribution in [0.2, 0.25) is 0 Å². The fourth-order valence-corrected chi connectivity index (χ4v) is 1.82.